The number of ether oxygens (including phenoxy) is 1. The minimum atomic E-state index is -1.06. The molecule has 0 aliphatic carbocycles. The second-order valence-electron chi connectivity index (χ2n) is 9.05. The Balaban J connectivity index is 1.72. The van der Waals surface area contributed by atoms with Gasteiger partial charge in [0, 0.05) is 30.7 Å². The monoisotopic (exact) mass is 507 g/mol. The van der Waals surface area contributed by atoms with Gasteiger partial charge in [-0.3, -0.25) is 14.4 Å². The van der Waals surface area contributed by atoms with Crippen molar-refractivity contribution in [3.8, 4) is 0 Å². The van der Waals surface area contributed by atoms with E-state index < -0.39 is 29.6 Å². The first kappa shape index (κ1) is 23.2. The maximum absolute atomic E-state index is 13.7. The van der Waals surface area contributed by atoms with Crippen LogP contribution in [0.5, 0.6) is 0 Å². The Hall–Kier alpha value is -1.97. The largest absolute Gasteiger partial charge is 0.396 e. The average molecular weight is 508 g/mol. The van der Waals surface area contributed by atoms with Gasteiger partial charge in [0.25, 0.3) is 0 Å². The number of likely N-dealkylation sites (tertiary alicyclic amines) is 1. The van der Waals surface area contributed by atoms with Crippen LogP contribution in [0.4, 0.5) is 5.69 Å². The van der Waals surface area contributed by atoms with E-state index in [0.29, 0.717) is 31.5 Å². The third kappa shape index (κ3) is 3.54. The van der Waals surface area contributed by atoms with Crippen molar-refractivity contribution in [1.82, 2.24) is 10.2 Å². The number of nitrogens with one attached hydrogen (secondary N) is 2. The highest BCUT2D eigenvalue weighted by Crippen LogP contribution is 2.60. The molecule has 3 aliphatic heterocycles. The molecule has 3 unspecified atom stereocenters. The molecule has 3 heterocycles. The van der Waals surface area contributed by atoms with E-state index in [-0.39, 0.29) is 29.2 Å². The molecule has 8 nitrogen and oxygen atoms in total. The first-order valence-electron chi connectivity index (χ1n) is 11.1. The zero-order valence-corrected chi connectivity index (χ0v) is 20.1. The number of fused-ring (bicyclic) bond motifs is 1. The Morgan fingerprint density at radius 3 is 2.72 bits per heavy atom. The molecular formula is C23H30BrN3O5. The van der Waals surface area contributed by atoms with Crippen LogP contribution in [-0.4, -0.2) is 70.5 Å². The van der Waals surface area contributed by atoms with E-state index in [2.05, 4.69) is 26.6 Å². The number of unbranched alkanes of at least 4 members (excludes halogenated alkanes) is 1. The smallest absolute Gasteiger partial charge is 0.250 e. The van der Waals surface area contributed by atoms with Gasteiger partial charge >= 0.3 is 0 Å². The van der Waals surface area contributed by atoms with Crippen LogP contribution in [0, 0.1) is 25.7 Å². The zero-order chi connectivity index (χ0) is 23.2. The van der Waals surface area contributed by atoms with Crippen molar-refractivity contribution in [3.63, 3.8) is 0 Å². The SMILES string of the molecule is CNC(=O)[C@H]1[C@H]2C(=O)N(CCCCO)C(C(=O)Nc3cc(C)ccc3C)C23CC(Br)[C@@H]1O3. The number of alkyl halides is 1. The van der Waals surface area contributed by atoms with Crippen molar-refractivity contribution < 1.29 is 24.2 Å². The van der Waals surface area contributed by atoms with Crippen LogP contribution in [0.2, 0.25) is 0 Å². The van der Waals surface area contributed by atoms with Gasteiger partial charge in [0.05, 0.1) is 17.9 Å². The van der Waals surface area contributed by atoms with E-state index in [1.165, 1.54) is 0 Å². The fourth-order valence-corrected chi connectivity index (χ4v) is 6.55. The van der Waals surface area contributed by atoms with Crippen LogP contribution in [0.1, 0.15) is 30.4 Å². The number of hydrogen-bond donors (Lipinski definition) is 3. The van der Waals surface area contributed by atoms with Gasteiger partial charge < -0.3 is 25.4 Å². The topological polar surface area (TPSA) is 108 Å². The summed E-state index contributed by atoms with van der Waals surface area (Å²) in [5.74, 6) is -2.13. The third-order valence-corrected chi connectivity index (χ3v) is 7.89. The lowest BCUT2D eigenvalue weighted by Gasteiger charge is -2.34. The molecule has 6 atom stereocenters. The maximum atomic E-state index is 13.7. The molecule has 3 aliphatic rings. The molecule has 3 amide bonds. The molecule has 3 fully saturated rings. The average Bonchev–Trinajstić information content (AvgIpc) is 3.34. The molecule has 1 aromatic rings. The summed E-state index contributed by atoms with van der Waals surface area (Å²) in [5, 5.41) is 14.9. The highest BCUT2D eigenvalue weighted by molar-refractivity contribution is 9.09. The summed E-state index contributed by atoms with van der Waals surface area (Å²) in [6.45, 7) is 4.21. The van der Waals surface area contributed by atoms with Gasteiger partial charge in [0.1, 0.15) is 11.6 Å². The number of carbonyl (C=O) groups excluding carboxylic acids is 3. The van der Waals surface area contributed by atoms with Gasteiger partial charge in [-0.1, -0.05) is 28.1 Å². The molecule has 0 radical (unpaired) electrons. The summed E-state index contributed by atoms with van der Waals surface area (Å²) < 4.78 is 6.38. The van der Waals surface area contributed by atoms with E-state index in [9.17, 15) is 19.5 Å². The molecule has 174 valence electrons. The number of rotatable bonds is 7. The van der Waals surface area contributed by atoms with E-state index in [0.717, 1.165) is 11.1 Å². The van der Waals surface area contributed by atoms with Gasteiger partial charge in [0.2, 0.25) is 17.7 Å². The first-order valence-corrected chi connectivity index (χ1v) is 12.0. The summed E-state index contributed by atoms with van der Waals surface area (Å²) in [7, 11) is 1.55. The Bertz CT molecular complexity index is 940. The number of benzene rings is 1. The predicted molar refractivity (Wildman–Crippen MR) is 122 cm³/mol. The van der Waals surface area contributed by atoms with Crippen molar-refractivity contribution >= 4 is 39.3 Å². The summed E-state index contributed by atoms with van der Waals surface area (Å²) in [5.41, 5.74) is 1.58. The second kappa shape index (κ2) is 8.76. The molecule has 4 rings (SSSR count). The van der Waals surface area contributed by atoms with Crippen LogP contribution in [-0.2, 0) is 19.1 Å². The predicted octanol–water partition coefficient (Wildman–Crippen LogP) is 1.51. The van der Waals surface area contributed by atoms with Crippen molar-refractivity contribution in [2.75, 3.05) is 25.5 Å². The fraction of sp³-hybridized carbons (Fsp3) is 0.609. The van der Waals surface area contributed by atoms with Crippen molar-refractivity contribution in [3.05, 3.63) is 29.3 Å². The minimum Gasteiger partial charge on any atom is -0.396 e. The summed E-state index contributed by atoms with van der Waals surface area (Å²) >= 11 is 3.63. The quantitative estimate of drug-likeness (QED) is 0.383. The molecule has 0 saturated carbocycles. The summed E-state index contributed by atoms with van der Waals surface area (Å²) in [6.07, 6.45) is 1.10. The lowest BCUT2D eigenvalue weighted by molar-refractivity contribution is -0.140. The molecular weight excluding hydrogens is 478 g/mol. The number of nitrogens with zero attached hydrogens (tertiary/aromatic N) is 1. The molecule has 32 heavy (non-hydrogen) atoms. The maximum Gasteiger partial charge on any atom is 0.250 e. The molecule has 3 saturated heterocycles. The van der Waals surface area contributed by atoms with E-state index in [1.807, 2.05) is 32.0 Å². The number of halogens is 1. The highest BCUT2D eigenvalue weighted by Gasteiger charge is 2.76. The Kier molecular flexibility index (Phi) is 6.35. The number of aryl methyl sites for hydroxylation is 2. The van der Waals surface area contributed by atoms with Crippen molar-refractivity contribution in [2.45, 2.75) is 55.7 Å². The minimum absolute atomic E-state index is 0.0128. The molecule has 3 N–H and O–H groups in total. The number of anilines is 1. The van der Waals surface area contributed by atoms with Crippen LogP contribution < -0.4 is 10.6 Å². The van der Waals surface area contributed by atoms with Crippen LogP contribution in [0.15, 0.2) is 18.2 Å². The number of amides is 3. The van der Waals surface area contributed by atoms with Gasteiger partial charge in [0.15, 0.2) is 0 Å². The van der Waals surface area contributed by atoms with Gasteiger partial charge in [-0.2, -0.15) is 0 Å². The molecule has 1 spiro atoms. The highest BCUT2D eigenvalue weighted by atomic mass is 79.9. The Morgan fingerprint density at radius 1 is 1.28 bits per heavy atom. The zero-order valence-electron chi connectivity index (χ0n) is 18.6. The van der Waals surface area contributed by atoms with Crippen molar-refractivity contribution in [1.29, 1.82) is 0 Å². The second-order valence-corrected chi connectivity index (χ2v) is 10.2. The summed E-state index contributed by atoms with van der Waals surface area (Å²) in [6, 6.07) is 4.98. The number of carbonyl (C=O) groups is 3. The molecule has 2 bridgehead atoms. The normalized spacial score (nSPS) is 32.8. The van der Waals surface area contributed by atoms with Crippen LogP contribution in [0.3, 0.4) is 0 Å². The van der Waals surface area contributed by atoms with Crippen LogP contribution >= 0.6 is 15.9 Å². The van der Waals surface area contributed by atoms with E-state index in [4.69, 9.17) is 4.74 Å². The van der Waals surface area contributed by atoms with E-state index >= 15 is 0 Å². The lowest BCUT2D eigenvalue weighted by atomic mass is 9.70. The van der Waals surface area contributed by atoms with Crippen molar-refractivity contribution in [2.24, 2.45) is 11.8 Å². The van der Waals surface area contributed by atoms with Crippen LogP contribution in [0.25, 0.3) is 0 Å². The standard InChI is InChI=1S/C23H30BrN3O5/c1-12-6-7-13(2)15(10-12)26-21(30)19-23-11-14(24)18(32-23)16(20(29)25-3)17(23)22(31)27(19)8-4-5-9-28/h6-7,10,14,16-19,28H,4-5,8-9,11H2,1-3H3,(H,25,29)(H,26,30)/t14?,16-,17-,18-,19?,23?/m0/s1. The van der Waals surface area contributed by atoms with E-state index in [1.54, 1.807) is 11.9 Å². The van der Waals surface area contributed by atoms with Gasteiger partial charge in [-0.05, 0) is 50.3 Å². The fourth-order valence-electron chi connectivity index (χ4n) is 5.60. The molecule has 1 aromatic carbocycles. The number of aliphatic hydroxyl groups is 1. The summed E-state index contributed by atoms with van der Waals surface area (Å²) in [4.78, 5) is 41.5. The number of aliphatic hydroxyl groups excluding tert-OH is 1. The molecule has 0 aromatic heterocycles. The number of hydrogen-bond acceptors (Lipinski definition) is 5. The van der Waals surface area contributed by atoms with Gasteiger partial charge in [-0.15, -0.1) is 0 Å². The first-order chi connectivity index (χ1) is 15.2. The lowest BCUT2D eigenvalue weighted by Crippen LogP contribution is -2.54. The third-order valence-electron chi connectivity index (χ3n) is 7.04. The Morgan fingerprint density at radius 2 is 2.03 bits per heavy atom. The Labute approximate surface area is 196 Å². The van der Waals surface area contributed by atoms with Gasteiger partial charge in [-0.25, -0.2) is 0 Å². The molecule has 9 heteroatoms.